The molecule has 0 saturated carbocycles. The molecule has 0 spiro atoms. The van der Waals surface area contributed by atoms with Crippen LogP contribution in [0.15, 0.2) is 42.6 Å². The third-order valence-electron chi connectivity index (χ3n) is 4.99. The number of nitrogens with zero attached hydrogens (tertiary/aromatic N) is 4. The smallest absolute Gasteiger partial charge is 0.426 e. The molecular weight excluding hydrogens is 465 g/mol. The molecule has 1 saturated heterocycles. The van der Waals surface area contributed by atoms with Crippen LogP contribution in [0.3, 0.4) is 0 Å². The van der Waals surface area contributed by atoms with Crippen molar-refractivity contribution in [1.29, 1.82) is 0 Å². The molecule has 0 radical (unpaired) electrons. The Morgan fingerprint density at radius 1 is 1.00 bits per heavy atom. The third-order valence-corrected chi connectivity index (χ3v) is 4.99. The average Bonchev–Trinajstić information content (AvgIpc) is 2.72. The van der Waals surface area contributed by atoms with Gasteiger partial charge < -0.3 is 14.9 Å². The number of anilines is 2. The predicted octanol–water partition coefficient (Wildman–Crippen LogP) is 3.16. The van der Waals surface area contributed by atoms with Gasteiger partial charge in [-0.1, -0.05) is 12.1 Å². The van der Waals surface area contributed by atoms with Crippen molar-refractivity contribution in [3.8, 4) is 0 Å². The lowest BCUT2D eigenvalue weighted by Gasteiger charge is -2.35. The van der Waals surface area contributed by atoms with Gasteiger partial charge in [0.2, 0.25) is 5.91 Å². The van der Waals surface area contributed by atoms with Crippen LogP contribution in [0.2, 0.25) is 0 Å². The number of aryl methyl sites for hydroxylation is 2. The van der Waals surface area contributed by atoms with Gasteiger partial charge in [-0.15, -0.1) is 37.2 Å². The van der Waals surface area contributed by atoms with Crippen LogP contribution >= 0.6 is 37.2 Å². The van der Waals surface area contributed by atoms with E-state index in [9.17, 15) is 9.59 Å². The van der Waals surface area contributed by atoms with Crippen molar-refractivity contribution < 1.29 is 14.7 Å². The molecule has 1 fully saturated rings. The van der Waals surface area contributed by atoms with E-state index in [1.807, 2.05) is 29.3 Å². The summed E-state index contributed by atoms with van der Waals surface area (Å²) in [6.07, 6.45) is 2.30. The summed E-state index contributed by atoms with van der Waals surface area (Å²) in [7, 11) is 0. The van der Waals surface area contributed by atoms with Gasteiger partial charge in [0.25, 0.3) is 0 Å². The molecule has 2 amide bonds. The Morgan fingerprint density at radius 3 is 2.10 bits per heavy atom. The summed E-state index contributed by atoms with van der Waals surface area (Å²) in [5, 5.41) is 9.58. The Morgan fingerprint density at radius 2 is 1.61 bits per heavy atom. The molecule has 8 nitrogen and oxygen atoms in total. The van der Waals surface area contributed by atoms with Gasteiger partial charge in [-0.2, -0.15) is 0 Å². The molecule has 11 heteroatoms. The topological polar surface area (TPSA) is 103 Å². The summed E-state index contributed by atoms with van der Waals surface area (Å²) in [6, 6.07) is 11.3. The van der Waals surface area contributed by atoms with E-state index in [0.717, 1.165) is 56.0 Å². The fourth-order valence-electron chi connectivity index (χ4n) is 3.24. The Hall–Kier alpha value is -2.26. The molecule has 0 aliphatic carbocycles. The summed E-state index contributed by atoms with van der Waals surface area (Å²) in [4.78, 5) is 30.9. The zero-order valence-corrected chi connectivity index (χ0v) is 19.6. The molecule has 0 unspecified atom stereocenters. The molecule has 2 heterocycles. The van der Waals surface area contributed by atoms with Crippen molar-refractivity contribution in [2.75, 3.05) is 36.1 Å². The van der Waals surface area contributed by atoms with Gasteiger partial charge in [-0.3, -0.25) is 9.78 Å². The minimum absolute atomic E-state index is 0. The Bertz CT molecular complexity index is 829. The molecule has 3 N–H and O–H groups in total. The number of halogens is 3. The zero-order chi connectivity index (χ0) is 20.1. The largest absolute Gasteiger partial charge is 0.464 e. The molecule has 1 aliphatic heterocycles. The number of hydrazine groups is 1. The predicted molar refractivity (Wildman–Crippen MR) is 129 cm³/mol. The highest BCUT2D eigenvalue weighted by Crippen LogP contribution is 2.17. The number of piperazine rings is 1. The van der Waals surface area contributed by atoms with Gasteiger partial charge in [0.15, 0.2) is 0 Å². The van der Waals surface area contributed by atoms with Crippen molar-refractivity contribution in [1.82, 2.24) is 9.88 Å². The van der Waals surface area contributed by atoms with Crippen molar-refractivity contribution in [2.24, 2.45) is 5.84 Å². The van der Waals surface area contributed by atoms with E-state index in [2.05, 4.69) is 16.0 Å². The van der Waals surface area contributed by atoms with Crippen molar-refractivity contribution in [3.63, 3.8) is 0 Å². The van der Waals surface area contributed by atoms with Crippen LogP contribution in [0.4, 0.5) is 16.2 Å². The molecule has 1 aromatic carbocycles. The van der Waals surface area contributed by atoms with Gasteiger partial charge in [-0.25, -0.2) is 15.6 Å². The lowest BCUT2D eigenvalue weighted by atomic mass is 10.1. The number of rotatable bonds is 5. The molecule has 3 rings (SSSR count). The first kappa shape index (κ1) is 28.7. The second kappa shape index (κ2) is 13.2. The average molecular weight is 493 g/mol. The maximum absolute atomic E-state index is 11.4. The first-order valence-electron chi connectivity index (χ1n) is 9.26. The van der Waals surface area contributed by atoms with Crippen LogP contribution in [-0.2, 0) is 17.6 Å². The van der Waals surface area contributed by atoms with Gasteiger partial charge in [0.1, 0.15) is 0 Å². The highest BCUT2D eigenvalue weighted by Gasteiger charge is 2.18. The number of aromatic nitrogens is 1. The number of hydrogen-bond donors (Lipinski definition) is 2. The molecular formula is C20H28Cl3N5O3. The quantitative estimate of drug-likeness (QED) is 0.377. The van der Waals surface area contributed by atoms with E-state index in [1.165, 1.54) is 0 Å². The van der Waals surface area contributed by atoms with Crippen LogP contribution in [-0.4, -0.2) is 53.2 Å². The van der Waals surface area contributed by atoms with Gasteiger partial charge >= 0.3 is 6.09 Å². The maximum Gasteiger partial charge on any atom is 0.426 e. The Balaban J connectivity index is 0.00000300. The molecule has 31 heavy (non-hydrogen) atoms. The summed E-state index contributed by atoms with van der Waals surface area (Å²) < 4.78 is 0. The first-order valence-corrected chi connectivity index (χ1v) is 9.26. The van der Waals surface area contributed by atoms with Crippen LogP contribution in [0.1, 0.15) is 18.2 Å². The number of carbonyl (C=O) groups excluding carboxylic acids is 1. The fraction of sp³-hybridized carbons (Fsp3) is 0.350. The minimum atomic E-state index is -1.19. The number of benzene rings is 1. The number of pyridine rings is 1. The lowest BCUT2D eigenvalue weighted by Crippen LogP contribution is -2.48. The van der Waals surface area contributed by atoms with E-state index in [4.69, 9.17) is 10.9 Å². The van der Waals surface area contributed by atoms with Gasteiger partial charge in [0, 0.05) is 38.8 Å². The number of carbonyl (C=O) groups is 2. The molecule has 2 aromatic rings. The van der Waals surface area contributed by atoms with Crippen molar-refractivity contribution in [2.45, 2.75) is 19.8 Å². The molecule has 172 valence electrons. The normalized spacial score (nSPS) is 12.7. The highest BCUT2D eigenvalue weighted by molar-refractivity contribution is 5.86. The number of hydrogen-bond acceptors (Lipinski definition) is 5. The number of nitrogens with two attached hydrogens (primary N) is 1. The first-order chi connectivity index (χ1) is 13.4. The van der Waals surface area contributed by atoms with Crippen molar-refractivity contribution in [3.05, 3.63) is 53.9 Å². The molecule has 1 aliphatic rings. The second-order valence-electron chi connectivity index (χ2n) is 6.82. The van der Waals surface area contributed by atoms with Crippen LogP contribution < -0.4 is 15.8 Å². The Labute approximate surface area is 200 Å². The van der Waals surface area contributed by atoms with Crippen LogP contribution in [0.5, 0.6) is 0 Å². The van der Waals surface area contributed by atoms with Gasteiger partial charge in [0.05, 0.1) is 17.6 Å². The fourth-order valence-corrected chi connectivity index (χ4v) is 3.24. The van der Waals surface area contributed by atoms with Crippen LogP contribution in [0.25, 0.3) is 0 Å². The third kappa shape index (κ3) is 7.74. The second-order valence-corrected chi connectivity index (χ2v) is 6.82. The van der Waals surface area contributed by atoms with E-state index in [-0.39, 0.29) is 43.1 Å². The van der Waals surface area contributed by atoms with E-state index in [0.29, 0.717) is 10.7 Å². The molecule has 0 atom stereocenters. The zero-order valence-electron chi connectivity index (χ0n) is 17.1. The van der Waals surface area contributed by atoms with Gasteiger partial charge in [-0.05, 0) is 42.7 Å². The summed E-state index contributed by atoms with van der Waals surface area (Å²) >= 11 is 0. The monoisotopic (exact) mass is 491 g/mol. The Kier molecular flexibility index (Phi) is 12.3. The molecule has 1 aromatic heterocycles. The van der Waals surface area contributed by atoms with E-state index in [1.54, 1.807) is 19.1 Å². The lowest BCUT2D eigenvalue weighted by molar-refractivity contribution is -0.129. The number of amides is 2. The summed E-state index contributed by atoms with van der Waals surface area (Å²) in [5.41, 5.74) is 3.60. The van der Waals surface area contributed by atoms with E-state index >= 15 is 0 Å². The minimum Gasteiger partial charge on any atom is -0.464 e. The summed E-state index contributed by atoms with van der Waals surface area (Å²) in [5.74, 6) is 5.58. The maximum atomic E-state index is 11.4. The van der Waals surface area contributed by atoms with Crippen LogP contribution in [0, 0.1) is 0 Å². The van der Waals surface area contributed by atoms with E-state index < -0.39 is 6.09 Å². The SMILES string of the molecule is CC(=O)N1CCN(c2ccc(CCc3ccc(N(N)C(=O)O)cc3)nc2)CC1.Cl.Cl.Cl. The number of carboxylic acid groups (broad SMARTS) is 1. The van der Waals surface area contributed by atoms with Crippen molar-refractivity contribution >= 4 is 60.6 Å². The summed E-state index contributed by atoms with van der Waals surface area (Å²) in [6.45, 7) is 4.74. The standard InChI is InChI=1S/C20H25N5O3.3ClH/c1-15(26)23-10-12-24(13-11-23)19-9-6-17(22-14-19)5-2-16-3-7-18(8-4-16)25(21)20(27)28;;;/h3-4,6-9,14H,2,5,10-13,21H2,1H3,(H,27,28);3*1H. The molecule has 0 bridgehead atoms. The highest BCUT2D eigenvalue weighted by atomic mass is 35.5.